The second-order valence-corrected chi connectivity index (χ2v) is 7.10. The van der Waals surface area contributed by atoms with Crippen LogP contribution in [0.3, 0.4) is 0 Å². The summed E-state index contributed by atoms with van der Waals surface area (Å²) in [7, 11) is 1.83. The van der Waals surface area contributed by atoms with Crippen LogP contribution in [0.15, 0.2) is 42.5 Å². The summed E-state index contributed by atoms with van der Waals surface area (Å²) in [4.78, 5) is 13.6. The molecule has 1 aliphatic heterocycles. The molecule has 0 saturated heterocycles. The van der Waals surface area contributed by atoms with Crippen molar-refractivity contribution in [3.8, 4) is 0 Å². The molecule has 0 fully saturated rings. The number of benzene rings is 2. The molecule has 3 rings (SSSR count). The maximum absolute atomic E-state index is 11.7. The molecule has 2 aromatic rings. The third-order valence-electron chi connectivity index (χ3n) is 3.61. The van der Waals surface area contributed by atoms with E-state index in [0.717, 1.165) is 11.3 Å². The summed E-state index contributed by atoms with van der Waals surface area (Å²) < 4.78 is 1.22. The van der Waals surface area contributed by atoms with E-state index in [4.69, 9.17) is 0 Å². The highest BCUT2D eigenvalue weighted by Crippen LogP contribution is 2.36. The van der Waals surface area contributed by atoms with Crippen molar-refractivity contribution in [3.63, 3.8) is 0 Å². The van der Waals surface area contributed by atoms with E-state index in [0.29, 0.717) is 6.42 Å². The number of halogens is 2. The third-order valence-corrected chi connectivity index (χ3v) is 5.34. The van der Waals surface area contributed by atoms with Crippen LogP contribution in [0.25, 0.3) is 0 Å². The Hall–Kier alpha value is -0.880. The van der Waals surface area contributed by atoms with E-state index in [1.54, 1.807) is 4.90 Å². The average Bonchev–Trinajstić information content (AvgIpc) is 2.73. The molecule has 0 bridgehead atoms. The molecular weight excluding hydrogens is 429 g/mol. The minimum atomic E-state index is 0.156. The maximum atomic E-state index is 11.7. The first-order valence-corrected chi connectivity index (χ1v) is 8.34. The molecule has 1 aliphatic rings. The van der Waals surface area contributed by atoms with Crippen LogP contribution in [-0.4, -0.2) is 13.0 Å². The Morgan fingerprint density at radius 1 is 1.20 bits per heavy atom. The van der Waals surface area contributed by atoms with Crippen molar-refractivity contribution in [1.29, 1.82) is 0 Å². The maximum Gasteiger partial charge on any atom is 0.231 e. The van der Waals surface area contributed by atoms with Crippen molar-refractivity contribution < 1.29 is 4.79 Å². The van der Waals surface area contributed by atoms with Crippen LogP contribution in [0.4, 0.5) is 5.69 Å². The van der Waals surface area contributed by atoms with Gasteiger partial charge in [0.1, 0.15) is 0 Å². The van der Waals surface area contributed by atoms with Gasteiger partial charge in [-0.05, 0) is 57.5 Å². The van der Waals surface area contributed by atoms with Crippen LogP contribution in [0.1, 0.15) is 21.5 Å². The molecule has 0 spiro atoms. The van der Waals surface area contributed by atoms with Crippen molar-refractivity contribution in [2.24, 2.45) is 0 Å². The Kier molecular flexibility index (Phi) is 3.86. The van der Waals surface area contributed by atoms with Crippen molar-refractivity contribution in [2.45, 2.75) is 11.2 Å². The highest BCUT2D eigenvalue weighted by atomic mass is 127. The Bertz CT molecular complexity index is 686. The molecule has 0 radical (unpaired) electrons. The molecule has 0 aromatic heterocycles. The molecule has 102 valence electrons. The summed E-state index contributed by atoms with van der Waals surface area (Å²) in [5.74, 6) is 0.164. The highest BCUT2D eigenvalue weighted by molar-refractivity contribution is 14.1. The van der Waals surface area contributed by atoms with Crippen LogP contribution in [-0.2, 0) is 11.2 Å². The van der Waals surface area contributed by atoms with E-state index in [1.807, 2.05) is 13.1 Å². The Morgan fingerprint density at radius 2 is 1.95 bits per heavy atom. The predicted molar refractivity (Wildman–Crippen MR) is 93.5 cm³/mol. The van der Waals surface area contributed by atoms with Gasteiger partial charge < -0.3 is 4.90 Å². The summed E-state index contributed by atoms with van der Waals surface area (Å²) >= 11 is 6.09. The molecule has 20 heavy (non-hydrogen) atoms. The molecule has 2 aromatic carbocycles. The summed E-state index contributed by atoms with van der Waals surface area (Å²) in [6, 6.07) is 14.7. The normalized spacial score (nSPS) is 15.3. The lowest BCUT2D eigenvalue weighted by molar-refractivity contribution is -0.117. The van der Waals surface area contributed by atoms with Gasteiger partial charge in [-0.15, -0.1) is 0 Å². The number of carbonyl (C=O) groups excluding carboxylic acids is 1. The van der Waals surface area contributed by atoms with Gasteiger partial charge in [0.2, 0.25) is 5.91 Å². The standard InChI is InChI=1S/C16H13BrINO/c1-19-14-6-5-11(7-12(14)9-15(19)20)16(17)10-3-2-4-13(18)8-10/h2-8,16H,9H2,1H3. The van der Waals surface area contributed by atoms with Gasteiger partial charge in [0.15, 0.2) is 0 Å². The lowest BCUT2D eigenvalue weighted by Gasteiger charge is -2.14. The van der Waals surface area contributed by atoms with Gasteiger partial charge in [-0.1, -0.05) is 40.2 Å². The van der Waals surface area contributed by atoms with Crippen LogP contribution in [0, 0.1) is 3.57 Å². The number of fused-ring (bicyclic) bond motifs is 1. The molecule has 1 heterocycles. The van der Waals surface area contributed by atoms with E-state index >= 15 is 0 Å². The predicted octanol–water partition coefficient (Wildman–Crippen LogP) is 4.29. The Morgan fingerprint density at radius 3 is 2.70 bits per heavy atom. The quantitative estimate of drug-likeness (QED) is 0.502. The number of hydrogen-bond donors (Lipinski definition) is 0. The summed E-state index contributed by atoms with van der Waals surface area (Å²) in [5, 5.41) is 0. The fraction of sp³-hybridized carbons (Fsp3) is 0.188. The molecule has 0 aliphatic carbocycles. The Labute approximate surface area is 140 Å². The van der Waals surface area contributed by atoms with Gasteiger partial charge >= 0.3 is 0 Å². The number of anilines is 1. The highest BCUT2D eigenvalue weighted by Gasteiger charge is 2.24. The molecule has 2 nitrogen and oxygen atoms in total. The van der Waals surface area contributed by atoms with Gasteiger partial charge in [0, 0.05) is 16.3 Å². The van der Waals surface area contributed by atoms with Crippen molar-refractivity contribution in [3.05, 3.63) is 62.7 Å². The van der Waals surface area contributed by atoms with Crippen LogP contribution < -0.4 is 4.90 Å². The second kappa shape index (κ2) is 5.48. The summed E-state index contributed by atoms with van der Waals surface area (Å²) in [6.45, 7) is 0. The Balaban J connectivity index is 1.96. The van der Waals surface area contributed by atoms with E-state index < -0.39 is 0 Å². The van der Waals surface area contributed by atoms with Gasteiger partial charge in [-0.3, -0.25) is 4.79 Å². The molecule has 4 heteroatoms. The minimum Gasteiger partial charge on any atom is -0.315 e. The van der Waals surface area contributed by atoms with E-state index in [-0.39, 0.29) is 10.7 Å². The number of rotatable bonds is 2. The lowest BCUT2D eigenvalue weighted by atomic mass is 10.0. The van der Waals surface area contributed by atoms with Gasteiger partial charge in [0.25, 0.3) is 0 Å². The monoisotopic (exact) mass is 441 g/mol. The van der Waals surface area contributed by atoms with E-state index in [9.17, 15) is 4.79 Å². The lowest BCUT2D eigenvalue weighted by Crippen LogP contribution is -2.20. The first-order valence-electron chi connectivity index (χ1n) is 6.35. The van der Waals surface area contributed by atoms with Crippen LogP contribution in [0.5, 0.6) is 0 Å². The van der Waals surface area contributed by atoms with Gasteiger partial charge in [-0.25, -0.2) is 0 Å². The number of alkyl halides is 1. The van der Waals surface area contributed by atoms with Gasteiger partial charge in [-0.2, -0.15) is 0 Å². The molecule has 1 amide bonds. The van der Waals surface area contributed by atoms with Crippen molar-refractivity contribution >= 4 is 50.1 Å². The van der Waals surface area contributed by atoms with Crippen LogP contribution in [0.2, 0.25) is 0 Å². The van der Waals surface area contributed by atoms with E-state index in [1.165, 1.54) is 14.7 Å². The molecule has 1 unspecified atom stereocenters. The zero-order valence-corrected chi connectivity index (χ0v) is 14.7. The minimum absolute atomic E-state index is 0.156. The number of amides is 1. The number of likely N-dealkylation sites (N-methyl/N-ethyl adjacent to an activating group) is 1. The first kappa shape index (κ1) is 14.1. The number of hydrogen-bond acceptors (Lipinski definition) is 1. The summed E-state index contributed by atoms with van der Waals surface area (Å²) in [5.41, 5.74) is 4.56. The third kappa shape index (κ3) is 2.51. The largest absolute Gasteiger partial charge is 0.315 e. The van der Waals surface area contributed by atoms with Crippen molar-refractivity contribution in [2.75, 3.05) is 11.9 Å². The summed E-state index contributed by atoms with van der Waals surface area (Å²) in [6.07, 6.45) is 0.506. The number of carbonyl (C=O) groups is 1. The van der Waals surface area contributed by atoms with Crippen molar-refractivity contribution in [1.82, 2.24) is 0 Å². The van der Waals surface area contributed by atoms with Gasteiger partial charge in [0.05, 0.1) is 11.2 Å². The van der Waals surface area contributed by atoms with E-state index in [2.05, 4.69) is 74.9 Å². The molecular formula is C16H13BrINO. The fourth-order valence-corrected chi connectivity index (χ4v) is 3.64. The molecule has 0 saturated carbocycles. The number of nitrogens with zero attached hydrogens (tertiary/aromatic N) is 1. The molecule has 1 atom stereocenters. The average molecular weight is 442 g/mol. The second-order valence-electron chi connectivity index (χ2n) is 4.94. The smallest absolute Gasteiger partial charge is 0.231 e. The first-order chi connectivity index (χ1) is 9.56. The molecule has 0 N–H and O–H groups in total. The zero-order valence-electron chi connectivity index (χ0n) is 10.9. The SMILES string of the molecule is CN1C(=O)Cc2cc(C(Br)c3cccc(I)c3)ccc21. The zero-order chi connectivity index (χ0) is 14.3. The topological polar surface area (TPSA) is 20.3 Å². The fourth-order valence-electron chi connectivity index (χ4n) is 2.50. The van der Waals surface area contributed by atoms with Crippen LogP contribution >= 0.6 is 38.5 Å².